The molecule has 0 aliphatic carbocycles. The minimum absolute atomic E-state index is 0.0121. The molecule has 152 valence electrons. The van der Waals surface area contributed by atoms with Gasteiger partial charge in [-0.25, -0.2) is 9.50 Å². The zero-order valence-corrected chi connectivity index (χ0v) is 17.5. The van der Waals surface area contributed by atoms with Crippen LogP contribution in [0.4, 0.5) is 0 Å². The molecule has 1 aromatic carbocycles. The van der Waals surface area contributed by atoms with Crippen LogP contribution in [0.25, 0.3) is 5.65 Å². The molecule has 0 saturated carbocycles. The predicted octanol–water partition coefficient (Wildman–Crippen LogP) is 4.00. The van der Waals surface area contributed by atoms with Gasteiger partial charge in [-0.2, -0.15) is 5.10 Å². The van der Waals surface area contributed by atoms with Gasteiger partial charge in [0.2, 0.25) is 0 Å². The number of hydrogen-bond acceptors (Lipinski definition) is 5. The van der Waals surface area contributed by atoms with Gasteiger partial charge in [-0.1, -0.05) is 26.8 Å². The SMILES string of the molecule is COc1cc(CN2[C@H]3CC[C@@H]2c2cnc4cc(C(C)(C)C)nn4c2C3)ccc1O. The number of aromatic hydroxyl groups is 1. The first-order chi connectivity index (χ1) is 13.8. The highest BCUT2D eigenvalue weighted by atomic mass is 16.5. The maximum absolute atomic E-state index is 9.89. The van der Waals surface area contributed by atoms with E-state index in [1.54, 1.807) is 13.2 Å². The summed E-state index contributed by atoms with van der Waals surface area (Å²) in [4.78, 5) is 7.33. The van der Waals surface area contributed by atoms with Gasteiger partial charge in [0.05, 0.1) is 18.5 Å². The number of methoxy groups -OCH3 is 1. The molecule has 2 aliphatic heterocycles. The van der Waals surface area contributed by atoms with Crippen LogP contribution in [0.2, 0.25) is 0 Å². The molecule has 1 N–H and O–H groups in total. The lowest BCUT2D eigenvalue weighted by molar-refractivity contribution is 0.165. The van der Waals surface area contributed by atoms with Crippen LogP contribution in [0.1, 0.15) is 62.2 Å². The van der Waals surface area contributed by atoms with E-state index in [9.17, 15) is 5.11 Å². The summed E-state index contributed by atoms with van der Waals surface area (Å²) in [5, 5.41) is 14.8. The topological polar surface area (TPSA) is 62.9 Å². The molecule has 6 heteroatoms. The van der Waals surface area contributed by atoms with E-state index in [-0.39, 0.29) is 11.2 Å². The molecule has 1 fully saturated rings. The quantitative estimate of drug-likeness (QED) is 0.730. The van der Waals surface area contributed by atoms with Crippen LogP contribution in [0.15, 0.2) is 30.5 Å². The average molecular weight is 393 g/mol. The Balaban J connectivity index is 1.50. The summed E-state index contributed by atoms with van der Waals surface area (Å²) in [5.41, 5.74) is 5.83. The molecule has 3 aromatic rings. The van der Waals surface area contributed by atoms with Crippen molar-refractivity contribution in [3.8, 4) is 11.5 Å². The molecule has 0 spiro atoms. The average Bonchev–Trinajstić information content (AvgIpc) is 3.24. The zero-order valence-electron chi connectivity index (χ0n) is 17.5. The van der Waals surface area contributed by atoms with E-state index in [4.69, 9.17) is 14.8 Å². The summed E-state index contributed by atoms with van der Waals surface area (Å²) in [5.74, 6) is 0.713. The third kappa shape index (κ3) is 2.97. The summed E-state index contributed by atoms with van der Waals surface area (Å²) in [6.07, 6.45) is 5.39. The highest BCUT2D eigenvalue weighted by Gasteiger charge is 2.41. The molecule has 4 heterocycles. The highest BCUT2D eigenvalue weighted by molar-refractivity contribution is 5.46. The molecule has 0 amide bonds. The van der Waals surface area contributed by atoms with Gasteiger partial charge in [0.25, 0.3) is 0 Å². The van der Waals surface area contributed by atoms with Crippen molar-refractivity contribution in [2.24, 2.45) is 0 Å². The Labute approximate surface area is 171 Å². The Morgan fingerprint density at radius 3 is 2.79 bits per heavy atom. The minimum atomic E-state index is 0.0121. The second-order valence-electron chi connectivity index (χ2n) is 9.34. The number of hydrogen-bond donors (Lipinski definition) is 1. The summed E-state index contributed by atoms with van der Waals surface area (Å²) in [7, 11) is 1.59. The van der Waals surface area contributed by atoms with Crippen LogP contribution in [0.3, 0.4) is 0 Å². The van der Waals surface area contributed by atoms with Crippen LogP contribution < -0.4 is 4.74 Å². The highest BCUT2D eigenvalue weighted by Crippen LogP contribution is 2.44. The van der Waals surface area contributed by atoms with Crippen molar-refractivity contribution in [1.82, 2.24) is 19.5 Å². The van der Waals surface area contributed by atoms with Crippen molar-refractivity contribution in [3.05, 3.63) is 53.0 Å². The predicted molar refractivity (Wildman–Crippen MR) is 111 cm³/mol. The third-order valence-electron chi connectivity index (χ3n) is 6.42. The largest absolute Gasteiger partial charge is 0.504 e. The van der Waals surface area contributed by atoms with Crippen molar-refractivity contribution in [1.29, 1.82) is 0 Å². The van der Waals surface area contributed by atoms with Gasteiger partial charge in [0.15, 0.2) is 17.1 Å². The van der Waals surface area contributed by atoms with E-state index in [1.807, 2.05) is 12.1 Å². The number of aromatic nitrogens is 3. The molecule has 0 unspecified atom stereocenters. The Kier molecular flexibility index (Phi) is 4.10. The molecule has 29 heavy (non-hydrogen) atoms. The van der Waals surface area contributed by atoms with E-state index in [0.29, 0.717) is 17.8 Å². The Morgan fingerprint density at radius 1 is 1.21 bits per heavy atom. The van der Waals surface area contributed by atoms with E-state index in [1.165, 1.54) is 17.7 Å². The van der Waals surface area contributed by atoms with Crippen LogP contribution in [-0.4, -0.2) is 37.8 Å². The lowest BCUT2D eigenvalue weighted by atomic mass is 9.93. The second-order valence-corrected chi connectivity index (χ2v) is 9.34. The van der Waals surface area contributed by atoms with Gasteiger partial charge in [0.1, 0.15) is 0 Å². The monoisotopic (exact) mass is 392 g/mol. The molecule has 6 nitrogen and oxygen atoms in total. The van der Waals surface area contributed by atoms with Crippen LogP contribution in [0.5, 0.6) is 11.5 Å². The molecule has 1 saturated heterocycles. The summed E-state index contributed by atoms with van der Waals surface area (Å²) in [6, 6.07) is 8.63. The number of phenols is 1. The first kappa shape index (κ1) is 18.4. The molecule has 2 bridgehead atoms. The maximum Gasteiger partial charge on any atom is 0.160 e. The normalized spacial score (nSPS) is 21.5. The Hall–Kier alpha value is -2.60. The molecule has 2 atom stereocenters. The lowest BCUT2D eigenvalue weighted by Crippen LogP contribution is -2.38. The van der Waals surface area contributed by atoms with E-state index >= 15 is 0 Å². The Morgan fingerprint density at radius 2 is 2.03 bits per heavy atom. The van der Waals surface area contributed by atoms with Gasteiger partial charge < -0.3 is 9.84 Å². The van der Waals surface area contributed by atoms with Crippen molar-refractivity contribution >= 4 is 5.65 Å². The van der Waals surface area contributed by atoms with Crippen molar-refractivity contribution in [2.45, 2.75) is 64.1 Å². The zero-order chi connectivity index (χ0) is 20.3. The molecule has 5 rings (SSSR count). The van der Waals surface area contributed by atoms with Gasteiger partial charge >= 0.3 is 0 Å². The molecule has 0 radical (unpaired) electrons. The van der Waals surface area contributed by atoms with Crippen molar-refractivity contribution in [3.63, 3.8) is 0 Å². The van der Waals surface area contributed by atoms with Crippen molar-refractivity contribution < 1.29 is 9.84 Å². The van der Waals surface area contributed by atoms with Crippen LogP contribution in [0, 0.1) is 0 Å². The van der Waals surface area contributed by atoms with Gasteiger partial charge in [-0.3, -0.25) is 4.90 Å². The van der Waals surface area contributed by atoms with Gasteiger partial charge in [-0.15, -0.1) is 0 Å². The molecule has 2 aliphatic rings. The lowest BCUT2D eigenvalue weighted by Gasteiger charge is -2.36. The first-order valence-electron chi connectivity index (χ1n) is 10.3. The van der Waals surface area contributed by atoms with Crippen LogP contribution in [-0.2, 0) is 18.4 Å². The summed E-state index contributed by atoms with van der Waals surface area (Å²) in [6.45, 7) is 7.42. The number of nitrogens with zero attached hydrogens (tertiary/aromatic N) is 4. The minimum Gasteiger partial charge on any atom is -0.504 e. The maximum atomic E-state index is 9.89. The second kappa shape index (κ2) is 6.46. The summed E-state index contributed by atoms with van der Waals surface area (Å²) >= 11 is 0. The van der Waals surface area contributed by atoms with E-state index in [2.05, 4.69) is 42.4 Å². The van der Waals surface area contributed by atoms with Crippen LogP contribution >= 0.6 is 0 Å². The fourth-order valence-corrected chi connectivity index (χ4v) is 4.83. The van der Waals surface area contributed by atoms with E-state index < -0.39 is 0 Å². The van der Waals surface area contributed by atoms with E-state index in [0.717, 1.165) is 36.3 Å². The summed E-state index contributed by atoms with van der Waals surface area (Å²) < 4.78 is 7.37. The standard InChI is InChI=1S/C23H28N4O2/c1-23(2,3)21-11-22-24-12-16-17-7-6-15(10-18(16)27(22)25-21)26(17)13-14-5-8-19(28)20(9-14)29-4/h5,8-9,11-12,15,17,28H,6-7,10,13H2,1-4H3/t15-,17+/m0/s1. The third-order valence-corrected chi connectivity index (χ3v) is 6.42. The molecule has 2 aromatic heterocycles. The number of phenolic OH excluding ortho intramolecular Hbond substituents is 1. The number of fused-ring (bicyclic) bond motifs is 6. The number of rotatable bonds is 3. The Bertz CT molecular complexity index is 1080. The fourth-order valence-electron chi connectivity index (χ4n) is 4.83. The van der Waals surface area contributed by atoms with Crippen molar-refractivity contribution in [2.75, 3.05) is 7.11 Å². The smallest absolute Gasteiger partial charge is 0.160 e. The van der Waals surface area contributed by atoms with Gasteiger partial charge in [-0.05, 0) is 30.5 Å². The molecular formula is C23H28N4O2. The molecular weight excluding hydrogens is 364 g/mol. The first-order valence-corrected chi connectivity index (χ1v) is 10.3. The number of ether oxygens (including phenoxy) is 1. The fraction of sp³-hybridized carbons (Fsp3) is 0.478. The van der Waals surface area contributed by atoms with Gasteiger partial charge in [0, 0.05) is 48.3 Å². The number of benzene rings is 1.